The second kappa shape index (κ2) is 9.04. The second-order valence-electron chi connectivity index (χ2n) is 3.69. The zero-order valence-electron chi connectivity index (χ0n) is 9.72. The van der Waals surface area contributed by atoms with Crippen LogP contribution >= 0.6 is 0 Å². The topological polar surface area (TPSA) is 20.3 Å². The highest BCUT2D eigenvalue weighted by Gasteiger charge is 2.10. The van der Waals surface area contributed by atoms with Crippen LogP contribution in [0.25, 0.3) is 0 Å². The summed E-state index contributed by atoms with van der Waals surface area (Å²) in [5.41, 5.74) is 0. The van der Waals surface area contributed by atoms with E-state index >= 15 is 0 Å². The fourth-order valence-corrected chi connectivity index (χ4v) is 1.37. The molecule has 0 aliphatic heterocycles. The van der Waals surface area contributed by atoms with Crippen LogP contribution < -0.4 is 0 Å². The fraction of sp³-hybridized carbons (Fsp3) is 0.833. The summed E-state index contributed by atoms with van der Waals surface area (Å²) in [6.45, 7) is 9.89. The summed E-state index contributed by atoms with van der Waals surface area (Å²) in [5, 5.41) is 0. The molecule has 0 rings (SSSR count). The van der Waals surface area contributed by atoms with E-state index in [9.17, 15) is 4.79 Å². The van der Waals surface area contributed by atoms with E-state index in [-0.39, 0.29) is 5.91 Å². The predicted molar refractivity (Wildman–Crippen MR) is 61.0 cm³/mol. The summed E-state index contributed by atoms with van der Waals surface area (Å²) in [7, 11) is 0. The maximum Gasteiger partial charge on any atom is 0.222 e. The Morgan fingerprint density at radius 3 is 2.00 bits per heavy atom. The molecule has 1 amide bonds. The lowest BCUT2D eigenvalue weighted by molar-refractivity contribution is -0.131. The molecule has 0 unspecified atom stereocenters. The van der Waals surface area contributed by atoms with E-state index < -0.39 is 0 Å². The molecule has 0 fully saturated rings. The van der Waals surface area contributed by atoms with E-state index in [1.165, 1.54) is 0 Å². The van der Waals surface area contributed by atoms with Gasteiger partial charge in [-0.25, -0.2) is 0 Å². The summed E-state index contributed by atoms with van der Waals surface area (Å²) in [6, 6.07) is 0. The van der Waals surface area contributed by atoms with Gasteiger partial charge in [0.2, 0.25) is 5.91 Å². The van der Waals surface area contributed by atoms with Gasteiger partial charge in [-0.2, -0.15) is 0 Å². The molecule has 2 heteroatoms. The van der Waals surface area contributed by atoms with Gasteiger partial charge >= 0.3 is 0 Å². The number of hydrogen-bond acceptors (Lipinski definition) is 1. The molecule has 1 radical (unpaired) electrons. The molecule has 2 nitrogen and oxygen atoms in total. The van der Waals surface area contributed by atoms with E-state index in [2.05, 4.69) is 20.8 Å². The van der Waals surface area contributed by atoms with E-state index in [1.807, 2.05) is 4.90 Å². The number of amides is 1. The van der Waals surface area contributed by atoms with Gasteiger partial charge in [0.05, 0.1) is 0 Å². The number of nitrogens with zero attached hydrogens (tertiary/aromatic N) is 1. The van der Waals surface area contributed by atoms with Crippen LogP contribution in [0.15, 0.2) is 0 Å². The van der Waals surface area contributed by atoms with Gasteiger partial charge in [-0.15, -0.1) is 0 Å². The van der Waals surface area contributed by atoms with Crippen LogP contribution in [0.3, 0.4) is 0 Å². The zero-order chi connectivity index (χ0) is 10.8. The predicted octanol–water partition coefficient (Wildman–Crippen LogP) is 3.03. The van der Waals surface area contributed by atoms with Gasteiger partial charge in [0.15, 0.2) is 0 Å². The standard InChI is InChI=1S/C12H24NO/c1-4-7-10-13(11-8-5-2)12(14)9-6-3/h3-11H2,1-2H3. The molecule has 14 heavy (non-hydrogen) atoms. The largest absolute Gasteiger partial charge is 0.343 e. The summed E-state index contributed by atoms with van der Waals surface area (Å²) in [4.78, 5) is 13.6. The van der Waals surface area contributed by atoms with Crippen molar-refractivity contribution in [3.63, 3.8) is 0 Å². The molecule has 0 aliphatic rings. The van der Waals surface area contributed by atoms with Gasteiger partial charge in [0, 0.05) is 19.5 Å². The van der Waals surface area contributed by atoms with Crippen LogP contribution in [-0.4, -0.2) is 23.9 Å². The lowest BCUT2D eigenvalue weighted by Crippen LogP contribution is -2.32. The van der Waals surface area contributed by atoms with Crippen LogP contribution in [0.5, 0.6) is 0 Å². The number of carbonyl (C=O) groups is 1. The van der Waals surface area contributed by atoms with Crippen LogP contribution in [0.2, 0.25) is 0 Å². The Labute approximate surface area is 88.7 Å². The minimum absolute atomic E-state index is 0.280. The zero-order valence-corrected chi connectivity index (χ0v) is 9.72. The second-order valence-corrected chi connectivity index (χ2v) is 3.69. The molecule has 0 saturated carbocycles. The normalized spacial score (nSPS) is 10.2. The molecule has 0 bridgehead atoms. The minimum atomic E-state index is 0.280. The van der Waals surface area contributed by atoms with Gasteiger partial charge in [0.1, 0.15) is 0 Å². The van der Waals surface area contributed by atoms with Crippen LogP contribution in [0, 0.1) is 6.92 Å². The molecule has 0 saturated heterocycles. The third kappa shape index (κ3) is 6.01. The Bertz CT molecular complexity index is 137. The SMILES string of the molecule is [CH2]CCC(=O)N(CCCC)CCCC. The maximum atomic E-state index is 11.6. The number of unbranched alkanes of at least 4 members (excludes halogenated alkanes) is 2. The molecule has 0 spiro atoms. The van der Waals surface area contributed by atoms with Crippen LogP contribution in [0.4, 0.5) is 0 Å². The Hall–Kier alpha value is -0.530. The van der Waals surface area contributed by atoms with Gasteiger partial charge in [0.25, 0.3) is 0 Å². The highest BCUT2D eigenvalue weighted by Crippen LogP contribution is 2.03. The van der Waals surface area contributed by atoms with Crippen molar-refractivity contribution in [1.29, 1.82) is 0 Å². The quantitative estimate of drug-likeness (QED) is 0.587. The summed E-state index contributed by atoms with van der Waals surface area (Å²) in [6.07, 6.45) is 5.86. The Kier molecular flexibility index (Phi) is 8.70. The molecule has 0 aliphatic carbocycles. The lowest BCUT2D eigenvalue weighted by Gasteiger charge is -2.22. The van der Waals surface area contributed by atoms with Crippen molar-refractivity contribution in [3.05, 3.63) is 6.92 Å². The molecular formula is C12H24NO. The molecular weight excluding hydrogens is 174 g/mol. The molecule has 0 N–H and O–H groups in total. The Morgan fingerprint density at radius 2 is 1.64 bits per heavy atom. The first kappa shape index (κ1) is 13.5. The van der Waals surface area contributed by atoms with Gasteiger partial charge in [-0.3, -0.25) is 4.79 Å². The number of hydrogen-bond donors (Lipinski definition) is 0. The monoisotopic (exact) mass is 198 g/mol. The highest BCUT2D eigenvalue weighted by atomic mass is 16.2. The molecule has 0 aromatic heterocycles. The van der Waals surface area contributed by atoms with Crippen molar-refractivity contribution in [2.75, 3.05) is 13.1 Å². The van der Waals surface area contributed by atoms with Gasteiger partial charge < -0.3 is 4.90 Å². The van der Waals surface area contributed by atoms with Crippen molar-refractivity contribution in [2.24, 2.45) is 0 Å². The van der Waals surface area contributed by atoms with E-state index in [0.717, 1.165) is 38.8 Å². The number of rotatable bonds is 8. The van der Waals surface area contributed by atoms with E-state index in [4.69, 9.17) is 0 Å². The highest BCUT2D eigenvalue weighted by molar-refractivity contribution is 5.76. The third-order valence-electron chi connectivity index (χ3n) is 2.31. The van der Waals surface area contributed by atoms with E-state index in [1.54, 1.807) is 0 Å². The molecule has 0 heterocycles. The van der Waals surface area contributed by atoms with Gasteiger partial charge in [-0.05, 0) is 19.3 Å². The van der Waals surface area contributed by atoms with Crippen molar-refractivity contribution in [1.82, 2.24) is 4.90 Å². The first-order valence-corrected chi connectivity index (χ1v) is 5.83. The Morgan fingerprint density at radius 1 is 1.14 bits per heavy atom. The fourth-order valence-electron chi connectivity index (χ4n) is 1.37. The Balaban J connectivity index is 3.88. The minimum Gasteiger partial charge on any atom is -0.343 e. The smallest absolute Gasteiger partial charge is 0.222 e. The van der Waals surface area contributed by atoms with Crippen molar-refractivity contribution >= 4 is 5.91 Å². The number of carbonyl (C=O) groups excluding carboxylic acids is 1. The first-order valence-electron chi connectivity index (χ1n) is 5.83. The lowest BCUT2D eigenvalue weighted by atomic mass is 10.2. The average molecular weight is 198 g/mol. The summed E-state index contributed by atoms with van der Waals surface area (Å²) in [5.74, 6) is 0.280. The van der Waals surface area contributed by atoms with Crippen molar-refractivity contribution in [2.45, 2.75) is 52.4 Å². The average Bonchev–Trinajstić information content (AvgIpc) is 2.18. The molecule has 83 valence electrons. The molecule has 0 atom stereocenters. The molecule has 0 aromatic rings. The third-order valence-corrected chi connectivity index (χ3v) is 2.31. The molecule has 0 aromatic carbocycles. The van der Waals surface area contributed by atoms with Crippen molar-refractivity contribution in [3.8, 4) is 0 Å². The first-order chi connectivity index (χ1) is 6.76. The van der Waals surface area contributed by atoms with Gasteiger partial charge in [-0.1, -0.05) is 33.6 Å². The van der Waals surface area contributed by atoms with Crippen LogP contribution in [-0.2, 0) is 4.79 Å². The van der Waals surface area contributed by atoms with Crippen molar-refractivity contribution < 1.29 is 4.79 Å². The maximum absolute atomic E-state index is 11.6. The van der Waals surface area contributed by atoms with E-state index in [0.29, 0.717) is 12.8 Å². The summed E-state index contributed by atoms with van der Waals surface area (Å²) < 4.78 is 0. The summed E-state index contributed by atoms with van der Waals surface area (Å²) >= 11 is 0. The van der Waals surface area contributed by atoms with Crippen LogP contribution in [0.1, 0.15) is 52.4 Å².